The fraction of sp³-hybridized carbons (Fsp3) is 0.714. The van der Waals surface area contributed by atoms with Crippen LogP contribution < -0.4 is 10.2 Å². The molecule has 106 valence electrons. The monoisotopic (exact) mass is 263 g/mol. The molecule has 0 spiro atoms. The molecule has 1 atom stereocenters. The SMILES string of the molecule is CCNc1ncnc(N2CCN(C)C(C)C2)c1CC. The average molecular weight is 263 g/mol. The van der Waals surface area contributed by atoms with Gasteiger partial charge in [0.2, 0.25) is 0 Å². The molecule has 0 bridgehead atoms. The molecule has 1 aromatic rings. The molecular weight excluding hydrogens is 238 g/mol. The number of likely N-dealkylation sites (N-methyl/N-ethyl adjacent to an activating group) is 1. The molecule has 0 aliphatic carbocycles. The maximum absolute atomic E-state index is 4.53. The molecule has 19 heavy (non-hydrogen) atoms. The van der Waals surface area contributed by atoms with Gasteiger partial charge in [-0.2, -0.15) is 0 Å². The van der Waals surface area contributed by atoms with Gasteiger partial charge in [-0.25, -0.2) is 9.97 Å². The van der Waals surface area contributed by atoms with Crippen LogP contribution in [0.5, 0.6) is 0 Å². The zero-order valence-corrected chi connectivity index (χ0v) is 12.5. The minimum Gasteiger partial charge on any atom is -0.370 e. The van der Waals surface area contributed by atoms with Crippen molar-refractivity contribution >= 4 is 11.6 Å². The van der Waals surface area contributed by atoms with E-state index in [0.29, 0.717) is 6.04 Å². The predicted octanol–water partition coefficient (Wildman–Crippen LogP) is 1.61. The van der Waals surface area contributed by atoms with Gasteiger partial charge in [-0.15, -0.1) is 0 Å². The molecule has 0 radical (unpaired) electrons. The molecule has 1 aliphatic heterocycles. The number of hydrogen-bond acceptors (Lipinski definition) is 5. The molecule has 0 amide bonds. The van der Waals surface area contributed by atoms with Crippen molar-refractivity contribution in [3.05, 3.63) is 11.9 Å². The number of nitrogens with zero attached hydrogens (tertiary/aromatic N) is 4. The largest absolute Gasteiger partial charge is 0.370 e. The number of hydrogen-bond donors (Lipinski definition) is 1. The van der Waals surface area contributed by atoms with Crippen LogP contribution >= 0.6 is 0 Å². The van der Waals surface area contributed by atoms with E-state index in [4.69, 9.17) is 0 Å². The molecule has 1 saturated heterocycles. The second-order valence-corrected chi connectivity index (χ2v) is 5.18. The van der Waals surface area contributed by atoms with Gasteiger partial charge in [0.05, 0.1) is 0 Å². The van der Waals surface area contributed by atoms with Gasteiger partial charge in [-0.05, 0) is 27.3 Å². The zero-order chi connectivity index (χ0) is 13.8. The second kappa shape index (κ2) is 6.19. The molecule has 1 aromatic heterocycles. The summed E-state index contributed by atoms with van der Waals surface area (Å²) in [5.41, 5.74) is 1.24. The Morgan fingerprint density at radius 2 is 2.11 bits per heavy atom. The highest BCUT2D eigenvalue weighted by Crippen LogP contribution is 2.25. The van der Waals surface area contributed by atoms with Crippen LogP contribution in [-0.4, -0.2) is 54.1 Å². The van der Waals surface area contributed by atoms with E-state index < -0.39 is 0 Å². The lowest BCUT2D eigenvalue weighted by Crippen LogP contribution is -2.50. The molecule has 0 aromatic carbocycles. The Balaban J connectivity index is 2.26. The van der Waals surface area contributed by atoms with Crippen molar-refractivity contribution in [2.75, 3.05) is 43.4 Å². The molecule has 2 heterocycles. The van der Waals surface area contributed by atoms with Gasteiger partial charge in [0.25, 0.3) is 0 Å². The highest BCUT2D eigenvalue weighted by atomic mass is 15.3. The highest BCUT2D eigenvalue weighted by molar-refractivity contribution is 5.59. The van der Waals surface area contributed by atoms with E-state index in [1.165, 1.54) is 5.56 Å². The van der Waals surface area contributed by atoms with Gasteiger partial charge in [-0.3, -0.25) is 0 Å². The maximum Gasteiger partial charge on any atom is 0.137 e. The van der Waals surface area contributed by atoms with Gasteiger partial charge < -0.3 is 15.1 Å². The minimum atomic E-state index is 0.566. The number of rotatable bonds is 4. The summed E-state index contributed by atoms with van der Waals surface area (Å²) in [4.78, 5) is 13.7. The van der Waals surface area contributed by atoms with E-state index in [2.05, 4.69) is 52.9 Å². The van der Waals surface area contributed by atoms with Crippen molar-refractivity contribution in [1.29, 1.82) is 0 Å². The summed E-state index contributed by atoms with van der Waals surface area (Å²) in [6.07, 6.45) is 2.63. The highest BCUT2D eigenvalue weighted by Gasteiger charge is 2.24. The Labute approximate surface area is 116 Å². The first-order chi connectivity index (χ1) is 9.17. The third kappa shape index (κ3) is 2.97. The van der Waals surface area contributed by atoms with E-state index in [-0.39, 0.29) is 0 Å². The summed E-state index contributed by atoms with van der Waals surface area (Å²) in [6, 6.07) is 0.566. The van der Waals surface area contributed by atoms with Crippen LogP contribution in [0, 0.1) is 0 Å². The van der Waals surface area contributed by atoms with E-state index >= 15 is 0 Å². The molecule has 0 saturated carbocycles. The number of anilines is 2. The molecule has 5 nitrogen and oxygen atoms in total. The number of nitrogens with one attached hydrogen (secondary N) is 1. The van der Waals surface area contributed by atoms with E-state index in [1.54, 1.807) is 6.33 Å². The smallest absolute Gasteiger partial charge is 0.137 e. The Hall–Kier alpha value is -1.36. The molecule has 5 heteroatoms. The third-order valence-electron chi connectivity index (χ3n) is 3.88. The first-order valence-electron chi connectivity index (χ1n) is 7.20. The fourth-order valence-electron chi connectivity index (χ4n) is 2.56. The lowest BCUT2D eigenvalue weighted by Gasteiger charge is -2.39. The number of aromatic nitrogens is 2. The molecular formula is C14H25N5. The van der Waals surface area contributed by atoms with E-state index in [9.17, 15) is 0 Å². The summed E-state index contributed by atoms with van der Waals surface area (Å²) in [7, 11) is 2.19. The molecule has 1 N–H and O–H groups in total. The summed E-state index contributed by atoms with van der Waals surface area (Å²) in [5.74, 6) is 2.09. The van der Waals surface area contributed by atoms with Gasteiger partial charge in [-0.1, -0.05) is 6.92 Å². The van der Waals surface area contributed by atoms with Crippen LogP contribution in [0.3, 0.4) is 0 Å². The van der Waals surface area contributed by atoms with Crippen molar-refractivity contribution < 1.29 is 0 Å². The topological polar surface area (TPSA) is 44.3 Å². The van der Waals surface area contributed by atoms with Crippen molar-refractivity contribution in [2.45, 2.75) is 33.2 Å². The second-order valence-electron chi connectivity index (χ2n) is 5.18. The van der Waals surface area contributed by atoms with Crippen molar-refractivity contribution in [1.82, 2.24) is 14.9 Å². The standard InChI is InChI=1S/C14H25N5/c1-5-12-13(15-6-2)16-10-17-14(12)19-8-7-18(4)11(3)9-19/h10-11H,5-9H2,1-4H3,(H,15,16,17). The summed E-state index contributed by atoms with van der Waals surface area (Å²) < 4.78 is 0. The van der Waals surface area contributed by atoms with Gasteiger partial charge in [0.1, 0.15) is 18.0 Å². The summed E-state index contributed by atoms with van der Waals surface area (Å²) in [5, 5.41) is 3.34. The Bertz CT molecular complexity index is 420. The average Bonchev–Trinajstić information content (AvgIpc) is 2.42. The van der Waals surface area contributed by atoms with Crippen LogP contribution in [0.15, 0.2) is 6.33 Å². The van der Waals surface area contributed by atoms with Crippen molar-refractivity contribution in [3.8, 4) is 0 Å². The molecule has 1 aliphatic rings. The lowest BCUT2D eigenvalue weighted by molar-refractivity contribution is 0.233. The first-order valence-corrected chi connectivity index (χ1v) is 7.20. The van der Waals surface area contributed by atoms with Crippen LogP contribution in [0.25, 0.3) is 0 Å². The summed E-state index contributed by atoms with van der Waals surface area (Å²) in [6.45, 7) is 10.6. The Morgan fingerprint density at radius 3 is 2.74 bits per heavy atom. The normalized spacial score (nSPS) is 20.6. The molecule has 1 unspecified atom stereocenters. The van der Waals surface area contributed by atoms with Gasteiger partial charge in [0, 0.05) is 37.8 Å². The number of piperazine rings is 1. The predicted molar refractivity (Wildman–Crippen MR) is 79.9 cm³/mol. The lowest BCUT2D eigenvalue weighted by atomic mass is 10.1. The summed E-state index contributed by atoms with van der Waals surface area (Å²) >= 11 is 0. The molecule has 1 fully saturated rings. The van der Waals surface area contributed by atoms with Crippen LogP contribution in [-0.2, 0) is 6.42 Å². The van der Waals surface area contributed by atoms with Crippen LogP contribution in [0.4, 0.5) is 11.6 Å². The Kier molecular flexibility index (Phi) is 4.58. The fourth-order valence-corrected chi connectivity index (χ4v) is 2.56. The molecule has 2 rings (SSSR count). The van der Waals surface area contributed by atoms with Crippen molar-refractivity contribution in [3.63, 3.8) is 0 Å². The van der Waals surface area contributed by atoms with Crippen molar-refractivity contribution in [2.24, 2.45) is 0 Å². The zero-order valence-electron chi connectivity index (χ0n) is 12.5. The van der Waals surface area contributed by atoms with E-state index in [0.717, 1.165) is 44.2 Å². The first kappa shape index (κ1) is 14.1. The van der Waals surface area contributed by atoms with Gasteiger partial charge in [0.15, 0.2) is 0 Å². The van der Waals surface area contributed by atoms with Gasteiger partial charge >= 0.3 is 0 Å². The minimum absolute atomic E-state index is 0.566. The maximum atomic E-state index is 4.53. The van der Waals surface area contributed by atoms with Crippen LogP contribution in [0.2, 0.25) is 0 Å². The third-order valence-corrected chi connectivity index (χ3v) is 3.88. The van der Waals surface area contributed by atoms with E-state index in [1.807, 2.05) is 0 Å². The van der Waals surface area contributed by atoms with Crippen LogP contribution in [0.1, 0.15) is 26.3 Å². The quantitative estimate of drug-likeness (QED) is 0.894. The Morgan fingerprint density at radius 1 is 1.32 bits per heavy atom.